The highest BCUT2D eigenvalue weighted by Gasteiger charge is 2.27. The maximum absolute atomic E-state index is 7.01. The Labute approximate surface area is 597 Å². The number of hydrogen-bond donors (Lipinski definition) is 0. The summed E-state index contributed by atoms with van der Waals surface area (Å²) in [5.41, 5.74) is 15.4. The lowest BCUT2D eigenvalue weighted by molar-refractivity contribution is 0.249. The second-order valence-electron chi connectivity index (χ2n) is 23.4. The van der Waals surface area contributed by atoms with Crippen LogP contribution in [0.2, 0.25) is 0 Å². The highest BCUT2D eigenvalue weighted by Crippen LogP contribution is 2.36. The minimum Gasteiger partial charge on any atom is -0.489 e. The van der Waals surface area contributed by atoms with E-state index in [-0.39, 0.29) is 39.6 Å². The van der Waals surface area contributed by atoms with Crippen molar-refractivity contribution in [3.05, 3.63) is 428 Å². The van der Waals surface area contributed by atoms with E-state index in [0.717, 1.165) is 100 Å². The molecule has 0 radical (unpaired) electrons. The van der Waals surface area contributed by atoms with E-state index in [1.165, 1.54) is 0 Å². The molecule has 102 heavy (non-hydrogen) atoms. The Morgan fingerprint density at radius 1 is 0.127 bits per heavy atom. The summed E-state index contributed by atoms with van der Waals surface area (Å²) in [6.07, 6.45) is 0. The first kappa shape index (κ1) is 66.6. The van der Waals surface area contributed by atoms with Crippen molar-refractivity contribution in [3.8, 4) is 106 Å². The molecule has 0 fully saturated rings. The standard InChI is InChI=1S/C96H66O6/c1-7-19-73(20-8-1)31-37-79-43-55-85(56-44-79)97-67-91-92(68-98-86-57-45-80(46-58-86)38-32-74-21-9-2-10-22-74)94(70-100-88-61-49-82(50-62-88)40-34-76-25-13-4-14-26-76)96(72-102-90-65-53-84(54-66-90)42-36-78-29-17-6-18-30-78)95(71-101-89-63-51-83(52-64-89)41-35-77-27-15-5-16-28-77)93(91)69-99-87-59-47-81(48-60-87)39-33-75-23-11-3-12-24-75/h1-30,43-66H,67-72H2. The van der Waals surface area contributed by atoms with Gasteiger partial charge in [0.25, 0.3) is 0 Å². The monoisotopic (exact) mass is 1310 g/mol. The quantitative estimate of drug-likeness (QED) is 0.0798. The highest BCUT2D eigenvalue weighted by atomic mass is 16.5. The van der Waals surface area contributed by atoms with Gasteiger partial charge in [0.2, 0.25) is 0 Å². The van der Waals surface area contributed by atoms with Crippen LogP contribution in [0.3, 0.4) is 0 Å². The first-order valence-corrected chi connectivity index (χ1v) is 33.5. The summed E-state index contributed by atoms with van der Waals surface area (Å²) in [5, 5.41) is 0. The summed E-state index contributed by atoms with van der Waals surface area (Å²) < 4.78 is 42.1. The molecule has 0 aromatic heterocycles. The molecule has 13 rings (SSSR count). The fraction of sp³-hybridized carbons (Fsp3) is 0.0625. The second-order valence-corrected chi connectivity index (χ2v) is 23.4. The van der Waals surface area contributed by atoms with Crippen LogP contribution in [0.4, 0.5) is 0 Å². The summed E-state index contributed by atoms with van der Waals surface area (Å²) in [7, 11) is 0. The molecule has 0 saturated carbocycles. The zero-order valence-corrected chi connectivity index (χ0v) is 55.9. The lowest BCUT2D eigenvalue weighted by Crippen LogP contribution is -2.21. The molecule has 0 amide bonds. The van der Waals surface area contributed by atoms with Crippen molar-refractivity contribution in [1.29, 1.82) is 0 Å². The average Bonchev–Trinajstić information content (AvgIpc) is 0.761. The lowest BCUT2D eigenvalue weighted by Gasteiger charge is -2.27. The third-order valence-corrected chi connectivity index (χ3v) is 16.4. The number of rotatable bonds is 18. The molecule has 0 aliphatic rings. The van der Waals surface area contributed by atoms with Gasteiger partial charge in [0.15, 0.2) is 0 Å². The van der Waals surface area contributed by atoms with Crippen LogP contribution >= 0.6 is 0 Å². The average molecular weight is 1320 g/mol. The minimum atomic E-state index is 0.0740. The van der Waals surface area contributed by atoms with Gasteiger partial charge in [0.05, 0.1) is 0 Å². The minimum absolute atomic E-state index is 0.0740. The predicted molar refractivity (Wildman–Crippen MR) is 406 cm³/mol. The molecule has 0 aliphatic carbocycles. The fourth-order valence-electron chi connectivity index (χ4n) is 10.9. The van der Waals surface area contributed by atoms with Crippen molar-refractivity contribution < 1.29 is 28.4 Å². The Morgan fingerprint density at radius 2 is 0.235 bits per heavy atom. The first-order chi connectivity index (χ1) is 50.5. The van der Waals surface area contributed by atoms with Crippen molar-refractivity contribution in [2.24, 2.45) is 0 Å². The van der Waals surface area contributed by atoms with E-state index in [4.69, 9.17) is 28.4 Å². The largest absolute Gasteiger partial charge is 0.489 e. The summed E-state index contributed by atoms with van der Waals surface area (Å²) >= 11 is 0. The fourth-order valence-corrected chi connectivity index (χ4v) is 10.9. The predicted octanol–water partition coefficient (Wildman–Crippen LogP) is 19.6. The van der Waals surface area contributed by atoms with Crippen LogP contribution in [0.1, 0.15) is 100 Å². The van der Waals surface area contributed by atoms with Crippen molar-refractivity contribution in [1.82, 2.24) is 0 Å². The van der Waals surface area contributed by atoms with Crippen molar-refractivity contribution in [3.63, 3.8) is 0 Å². The van der Waals surface area contributed by atoms with Crippen LogP contribution in [0.5, 0.6) is 34.5 Å². The van der Waals surface area contributed by atoms with Gasteiger partial charge in [0.1, 0.15) is 74.1 Å². The van der Waals surface area contributed by atoms with Gasteiger partial charge in [-0.2, -0.15) is 0 Å². The summed E-state index contributed by atoms with van der Waals surface area (Å²) in [6.45, 7) is 0.444. The van der Waals surface area contributed by atoms with Crippen LogP contribution in [-0.2, 0) is 39.6 Å². The molecule has 0 bridgehead atoms. The molecule has 0 saturated heterocycles. The van der Waals surface area contributed by atoms with Crippen LogP contribution in [0.25, 0.3) is 0 Å². The Balaban J connectivity index is 0.945. The topological polar surface area (TPSA) is 55.4 Å². The van der Waals surface area contributed by atoms with Crippen LogP contribution in [0, 0.1) is 71.0 Å². The van der Waals surface area contributed by atoms with E-state index >= 15 is 0 Å². The Kier molecular flexibility index (Phi) is 22.7. The summed E-state index contributed by atoms with van der Waals surface area (Å²) in [6, 6.07) is 107. The molecule has 0 heterocycles. The molecule has 6 heteroatoms. The van der Waals surface area contributed by atoms with Crippen molar-refractivity contribution >= 4 is 0 Å². The Bertz CT molecular complexity index is 4420. The SMILES string of the molecule is C(#Cc1ccc(OCc2c(COc3ccc(C#Cc4ccccc4)cc3)c(COc3ccc(C#Cc4ccccc4)cc3)c(COc3ccc(C#Cc4ccccc4)cc3)c(COc3ccc(C#Cc4ccccc4)cc3)c2COc2ccc(C#Cc3ccccc3)cc2)cc1)c1ccccc1. The van der Waals surface area contributed by atoms with E-state index in [1.54, 1.807) is 0 Å². The first-order valence-electron chi connectivity index (χ1n) is 33.5. The Morgan fingerprint density at radius 3 is 0.353 bits per heavy atom. The molecule has 13 aromatic rings. The molecule has 486 valence electrons. The van der Waals surface area contributed by atoms with Crippen molar-refractivity contribution in [2.75, 3.05) is 0 Å². The van der Waals surface area contributed by atoms with Crippen LogP contribution < -0.4 is 28.4 Å². The maximum atomic E-state index is 7.01. The van der Waals surface area contributed by atoms with Gasteiger partial charge in [-0.15, -0.1) is 0 Å². The molecule has 0 aliphatic heterocycles. The number of hydrogen-bond acceptors (Lipinski definition) is 6. The normalized spacial score (nSPS) is 10.1. The lowest BCUT2D eigenvalue weighted by atomic mass is 9.87. The number of ether oxygens (including phenoxy) is 6. The van der Waals surface area contributed by atoms with Gasteiger partial charge in [-0.25, -0.2) is 0 Å². The maximum Gasteiger partial charge on any atom is 0.119 e. The van der Waals surface area contributed by atoms with E-state index in [1.807, 2.05) is 328 Å². The summed E-state index contributed by atoms with van der Waals surface area (Å²) in [5.74, 6) is 43.4. The van der Waals surface area contributed by atoms with Gasteiger partial charge < -0.3 is 28.4 Å². The third kappa shape index (κ3) is 19.6. The van der Waals surface area contributed by atoms with Gasteiger partial charge in [-0.3, -0.25) is 0 Å². The molecule has 0 spiro atoms. The molecular formula is C96H66O6. The van der Waals surface area contributed by atoms with Crippen molar-refractivity contribution in [2.45, 2.75) is 39.6 Å². The van der Waals surface area contributed by atoms with E-state index in [9.17, 15) is 0 Å². The zero-order valence-electron chi connectivity index (χ0n) is 55.9. The second kappa shape index (κ2) is 34.8. The highest BCUT2D eigenvalue weighted by molar-refractivity contribution is 5.56. The van der Waals surface area contributed by atoms with Crippen LogP contribution in [0.15, 0.2) is 328 Å². The summed E-state index contributed by atoms with van der Waals surface area (Å²) in [4.78, 5) is 0. The molecule has 0 atom stereocenters. The molecule has 13 aromatic carbocycles. The smallest absolute Gasteiger partial charge is 0.119 e. The van der Waals surface area contributed by atoms with E-state index in [2.05, 4.69) is 71.0 Å². The molecule has 6 nitrogen and oxygen atoms in total. The van der Waals surface area contributed by atoms with Gasteiger partial charge >= 0.3 is 0 Å². The molecular weight excluding hydrogens is 1250 g/mol. The third-order valence-electron chi connectivity index (χ3n) is 16.4. The Hall–Kier alpha value is -14.0. The van der Waals surface area contributed by atoms with Crippen LogP contribution in [-0.4, -0.2) is 0 Å². The van der Waals surface area contributed by atoms with E-state index < -0.39 is 0 Å². The van der Waals surface area contributed by atoms with Gasteiger partial charge in [-0.1, -0.05) is 180 Å². The number of benzene rings is 13. The molecule has 0 N–H and O–H groups in total. The zero-order chi connectivity index (χ0) is 69.0. The van der Waals surface area contributed by atoms with Gasteiger partial charge in [-0.05, 0) is 218 Å². The molecule has 0 unspecified atom stereocenters. The van der Waals surface area contributed by atoms with E-state index in [0.29, 0.717) is 34.5 Å². The van der Waals surface area contributed by atoms with Gasteiger partial charge in [0, 0.05) is 100 Å².